The maximum Gasteiger partial charge on any atom is 0.404 e. The Bertz CT molecular complexity index is 958. The number of amides is 2. The van der Waals surface area contributed by atoms with Gasteiger partial charge in [-0.1, -0.05) is 17.7 Å². The van der Waals surface area contributed by atoms with Gasteiger partial charge in [0.2, 0.25) is 0 Å². The fraction of sp³-hybridized carbons (Fsp3) is 0.211. The van der Waals surface area contributed by atoms with Crippen molar-refractivity contribution >= 4 is 23.6 Å². The fourth-order valence-corrected chi connectivity index (χ4v) is 3.30. The topological polar surface area (TPSA) is 93.4 Å². The lowest BCUT2D eigenvalue weighted by atomic mass is 10.0. The van der Waals surface area contributed by atoms with Crippen molar-refractivity contribution < 1.29 is 19.1 Å². The van der Waals surface area contributed by atoms with Crippen molar-refractivity contribution in [3.8, 4) is 17.2 Å². The minimum Gasteiger partial charge on any atom is -0.465 e. The van der Waals surface area contributed by atoms with Gasteiger partial charge in [-0.25, -0.2) is 9.18 Å². The largest absolute Gasteiger partial charge is 0.465 e. The van der Waals surface area contributed by atoms with Crippen LogP contribution in [-0.4, -0.2) is 41.1 Å². The van der Waals surface area contributed by atoms with E-state index in [0.717, 1.165) is 0 Å². The first kappa shape index (κ1) is 18.7. The average Bonchev–Trinajstić information content (AvgIpc) is 3.09. The van der Waals surface area contributed by atoms with E-state index in [1.165, 1.54) is 12.1 Å². The molecule has 138 valence electrons. The molecule has 0 spiro atoms. The lowest BCUT2D eigenvalue weighted by Crippen LogP contribution is -2.37. The second kappa shape index (κ2) is 7.64. The van der Waals surface area contributed by atoms with Gasteiger partial charge in [0.05, 0.1) is 11.6 Å². The van der Waals surface area contributed by atoms with Crippen LogP contribution in [0.5, 0.6) is 0 Å². The molecule has 0 unspecified atom stereocenters. The van der Waals surface area contributed by atoms with Crippen molar-refractivity contribution in [3.05, 3.63) is 58.4 Å². The third-order valence-electron chi connectivity index (χ3n) is 4.42. The number of hydrogen-bond donors (Lipinski definition) is 2. The number of nitrogens with zero attached hydrogens (tertiary/aromatic N) is 2. The highest BCUT2D eigenvalue weighted by molar-refractivity contribution is 6.33. The molecule has 1 heterocycles. The summed E-state index contributed by atoms with van der Waals surface area (Å²) in [5.41, 5.74) is 1.23. The van der Waals surface area contributed by atoms with Gasteiger partial charge in [-0.3, -0.25) is 4.79 Å². The molecule has 6 nitrogen and oxygen atoms in total. The molecule has 0 bridgehead atoms. The van der Waals surface area contributed by atoms with E-state index in [1.54, 1.807) is 35.2 Å². The van der Waals surface area contributed by atoms with Crippen LogP contribution < -0.4 is 5.32 Å². The quantitative estimate of drug-likeness (QED) is 0.842. The summed E-state index contributed by atoms with van der Waals surface area (Å²) >= 11 is 6.21. The van der Waals surface area contributed by atoms with Crippen LogP contribution in [0.4, 0.5) is 9.18 Å². The molecule has 2 aromatic rings. The van der Waals surface area contributed by atoms with Gasteiger partial charge < -0.3 is 15.3 Å². The Morgan fingerprint density at radius 3 is 2.74 bits per heavy atom. The maximum absolute atomic E-state index is 13.9. The van der Waals surface area contributed by atoms with Crippen LogP contribution in [0.25, 0.3) is 11.1 Å². The molecule has 0 radical (unpaired) electrons. The van der Waals surface area contributed by atoms with Gasteiger partial charge in [0.15, 0.2) is 0 Å². The lowest BCUT2D eigenvalue weighted by molar-refractivity contribution is 0.0788. The first-order valence-corrected chi connectivity index (χ1v) is 8.55. The number of rotatable bonds is 3. The molecule has 0 aliphatic carbocycles. The Labute approximate surface area is 159 Å². The van der Waals surface area contributed by atoms with Crippen molar-refractivity contribution in [1.29, 1.82) is 5.26 Å². The van der Waals surface area contributed by atoms with Crippen molar-refractivity contribution in [1.82, 2.24) is 10.2 Å². The minimum atomic E-state index is -1.12. The van der Waals surface area contributed by atoms with Gasteiger partial charge in [0.1, 0.15) is 11.9 Å². The predicted octanol–water partition coefficient (Wildman–Crippen LogP) is 3.50. The number of hydrogen-bond acceptors (Lipinski definition) is 3. The second-order valence-corrected chi connectivity index (χ2v) is 6.59. The van der Waals surface area contributed by atoms with Crippen molar-refractivity contribution in [3.63, 3.8) is 0 Å². The molecule has 1 saturated heterocycles. The summed E-state index contributed by atoms with van der Waals surface area (Å²) in [6.07, 6.45) is -0.579. The normalized spacial score (nSPS) is 16.0. The van der Waals surface area contributed by atoms with E-state index in [1.807, 2.05) is 0 Å². The van der Waals surface area contributed by atoms with Crippen LogP contribution in [0.15, 0.2) is 36.4 Å². The van der Waals surface area contributed by atoms with Crippen LogP contribution >= 0.6 is 11.6 Å². The third-order valence-corrected chi connectivity index (χ3v) is 4.75. The highest BCUT2D eigenvalue weighted by Gasteiger charge is 2.28. The van der Waals surface area contributed by atoms with Gasteiger partial charge in [-0.15, -0.1) is 0 Å². The summed E-state index contributed by atoms with van der Waals surface area (Å²) in [5.74, 6) is -0.915. The van der Waals surface area contributed by atoms with E-state index >= 15 is 0 Å². The molecular formula is C19H15ClFN3O3. The van der Waals surface area contributed by atoms with Crippen LogP contribution in [-0.2, 0) is 0 Å². The summed E-state index contributed by atoms with van der Waals surface area (Å²) in [5, 5.41) is 20.4. The number of carbonyl (C=O) groups is 2. The Morgan fingerprint density at radius 1 is 1.30 bits per heavy atom. The maximum atomic E-state index is 13.9. The standard InChI is InChI=1S/C19H15ClFN3O3/c20-16-4-3-12(18(25)24-6-5-14(10-24)23-19(26)27)7-15(16)11-1-2-13(9-22)17(21)8-11/h1-4,7-8,14,23H,5-6,10H2,(H,26,27)/t14-/m0/s1. The van der Waals surface area contributed by atoms with Crippen LogP contribution in [0, 0.1) is 17.1 Å². The second-order valence-electron chi connectivity index (χ2n) is 6.19. The van der Waals surface area contributed by atoms with Crippen molar-refractivity contribution in [2.45, 2.75) is 12.5 Å². The van der Waals surface area contributed by atoms with E-state index in [2.05, 4.69) is 5.32 Å². The summed E-state index contributed by atoms with van der Waals surface area (Å²) < 4.78 is 13.9. The number of carbonyl (C=O) groups excluding carboxylic acids is 1. The third kappa shape index (κ3) is 4.01. The summed E-state index contributed by atoms with van der Waals surface area (Å²) in [6, 6.07) is 10.3. The van der Waals surface area contributed by atoms with Crippen LogP contribution in [0.2, 0.25) is 5.02 Å². The Hall–Kier alpha value is -3.11. The van der Waals surface area contributed by atoms with Crippen molar-refractivity contribution in [2.24, 2.45) is 0 Å². The molecular weight excluding hydrogens is 373 g/mol. The number of carboxylic acid groups (broad SMARTS) is 1. The van der Waals surface area contributed by atoms with E-state index in [4.69, 9.17) is 22.0 Å². The molecule has 0 aromatic heterocycles. The van der Waals surface area contributed by atoms with E-state index in [9.17, 15) is 14.0 Å². The number of likely N-dealkylation sites (tertiary alicyclic amines) is 1. The van der Waals surface area contributed by atoms with Crippen LogP contribution in [0.1, 0.15) is 22.3 Å². The van der Waals surface area contributed by atoms with Gasteiger partial charge in [-0.05, 0) is 42.3 Å². The zero-order chi connectivity index (χ0) is 19.6. The molecule has 8 heteroatoms. The molecule has 1 aliphatic heterocycles. The van der Waals surface area contributed by atoms with Gasteiger partial charge in [-0.2, -0.15) is 5.26 Å². The Kier molecular flexibility index (Phi) is 5.28. The minimum absolute atomic E-state index is 0.0730. The van der Waals surface area contributed by atoms with Crippen LogP contribution in [0.3, 0.4) is 0 Å². The molecule has 2 N–H and O–H groups in total. The summed E-state index contributed by atoms with van der Waals surface area (Å²) in [7, 11) is 0. The van der Waals surface area contributed by atoms with Gasteiger partial charge in [0, 0.05) is 29.2 Å². The smallest absolute Gasteiger partial charge is 0.404 e. The number of nitrogens with one attached hydrogen (secondary N) is 1. The molecule has 3 rings (SSSR count). The Balaban J connectivity index is 1.85. The average molecular weight is 388 g/mol. The number of benzene rings is 2. The molecule has 2 aromatic carbocycles. The first-order valence-electron chi connectivity index (χ1n) is 8.17. The first-order chi connectivity index (χ1) is 12.9. The van der Waals surface area contributed by atoms with Crippen molar-refractivity contribution in [2.75, 3.05) is 13.1 Å². The van der Waals surface area contributed by atoms with Gasteiger partial charge in [0.25, 0.3) is 5.91 Å². The summed E-state index contributed by atoms with van der Waals surface area (Å²) in [6.45, 7) is 0.724. The SMILES string of the molecule is N#Cc1ccc(-c2cc(C(=O)N3CC[C@H](NC(=O)O)C3)ccc2Cl)cc1F. The highest BCUT2D eigenvalue weighted by atomic mass is 35.5. The van der Waals surface area contributed by atoms with E-state index in [-0.39, 0.29) is 24.1 Å². The molecule has 1 atom stereocenters. The Morgan fingerprint density at radius 2 is 2.07 bits per heavy atom. The molecule has 1 aliphatic rings. The lowest BCUT2D eigenvalue weighted by Gasteiger charge is -2.17. The zero-order valence-electron chi connectivity index (χ0n) is 14.1. The van der Waals surface area contributed by atoms with E-state index < -0.39 is 11.9 Å². The predicted molar refractivity (Wildman–Crippen MR) is 97.0 cm³/mol. The monoisotopic (exact) mass is 387 g/mol. The van der Waals surface area contributed by atoms with E-state index in [0.29, 0.717) is 34.7 Å². The fourth-order valence-electron chi connectivity index (χ4n) is 3.07. The number of nitriles is 1. The zero-order valence-corrected chi connectivity index (χ0v) is 14.8. The molecule has 1 fully saturated rings. The summed E-state index contributed by atoms with van der Waals surface area (Å²) in [4.78, 5) is 25.0. The highest BCUT2D eigenvalue weighted by Crippen LogP contribution is 2.30. The van der Waals surface area contributed by atoms with Gasteiger partial charge >= 0.3 is 6.09 Å². The number of halogens is 2. The molecule has 2 amide bonds. The molecule has 0 saturated carbocycles. The molecule has 27 heavy (non-hydrogen) atoms.